The van der Waals surface area contributed by atoms with Gasteiger partial charge in [-0.05, 0) is 82.6 Å². The molecule has 0 spiro atoms. The van der Waals surface area contributed by atoms with Crippen LogP contribution < -0.4 is 0 Å². The minimum absolute atomic E-state index is 0.0421. The molecular weight excluding hydrogens is 584 g/mol. The summed E-state index contributed by atoms with van der Waals surface area (Å²) in [5, 5.41) is 15.4. The van der Waals surface area contributed by atoms with Gasteiger partial charge in [-0.25, -0.2) is 4.79 Å². The number of Topliss-reactive ketones (excluding diaryl/α,β-unsaturated/α-hetero) is 2. The zero-order valence-electron chi connectivity index (χ0n) is 26.3. The van der Waals surface area contributed by atoms with Crippen LogP contribution in [0.2, 0.25) is 0 Å². The molecule has 232 valence electrons. The standard InChI is InChI=1S/C37H38N2O5S/c1-7-9-12-27(23(3)4)35(40)25-15-17-32-29(21-25)30-22-26(16-18-33(30)39(32)8-2)36(41)31(38-44-24(5)6)19-20-45-34-14-11-10-13-28(34)37(42)43/h9-18,21-22H,5,7-8,19-20H2,1-4,6H3,(H,42,43)/b12-9-,38-31+. The predicted octanol–water partition coefficient (Wildman–Crippen LogP) is 9.27. The Balaban J connectivity index is 1.72. The first-order valence-corrected chi connectivity index (χ1v) is 15.9. The van der Waals surface area contributed by atoms with Crippen LogP contribution in [0, 0.1) is 0 Å². The van der Waals surface area contributed by atoms with Crippen LogP contribution in [0.4, 0.5) is 0 Å². The van der Waals surface area contributed by atoms with Crippen molar-refractivity contribution in [3.63, 3.8) is 0 Å². The number of fused-ring (bicyclic) bond motifs is 3. The van der Waals surface area contributed by atoms with Gasteiger partial charge in [-0.15, -0.1) is 11.8 Å². The third-order valence-electron chi connectivity index (χ3n) is 7.30. The molecule has 0 atom stereocenters. The van der Waals surface area contributed by atoms with Gasteiger partial charge in [-0.2, -0.15) is 0 Å². The molecular formula is C37H38N2O5S. The summed E-state index contributed by atoms with van der Waals surface area (Å²) >= 11 is 1.34. The molecule has 0 unspecified atom stereocenters. The Kier molecular flexibility index (Phi) is 11.0. The van der Waals surface area contributed by atoms with Crippen molar-refractivity contribution < 1.29 is 24.3 Å². The second-order valence-corrected chi connectivity index (χ2v) is 12.0. The fraction of sp³-hybridized carbons (Fsp3) is 0.243. The van der Waals surface area contributed by atoms with Gasteiger partial charge in [0.1, 0.15) is 11.5 Å². The summed E-state index contributed by atoms with van der Waals surface area (Å²) < 4.78 is 2.17. The van der Waals surface area contributed by atoms with Crippen LogP contribution in [-0.4, -0.2) is 38.7 Å². The number of aromatic carboxylic acids is 1. The number of carbonyl (C=O) groups is 3. The molecule has 7 nitrogen and oxygen atoms in total. The highest BCUT2D eigenvalue weighted by Crippen LogP contribution is 2.32. The first-order chi connectivity index (χ1) is 21.6. The third-order valence-corrected chi connectivity index (χ3v) is 8.37. The fourth-order valence-corrected chi connectivity index (χ4v) is 6.12. The number of nitrogens with zero attached hydrogens (tertiary/aromatic N) is 2. The Labute approximate surface area is 268 Å². The third kappa shape index (κ3) is 7.52. The first-order valence-electron chi connectivity index (χ1n) is 14.9. The molecule has 0 aliphatic heterocycles. The maximum atomic E-state index is 13.9. The summed E-state index contributed by atoms with van der Waals surface area (Å²) in [6.07, 6.45) is 4.95. The zero-order chi connectivity index (χ0) is 32.7. The van der Waals surface area contributed by atoms with Gasteiger partial charge in [0.05, 0.1) is 5.56 Å². The molecule has 8 heteroatoms. The number of thioether (sulfide) groups is 1. The van der Waals surface area contributed by atoms with Crippen molar-refractivity contribution >= 4 is 56.8 Å². The van der Waals surface area contributed by atoms with Crippen LogP contribution in [0.3, 0.4) is 0 Å². The number of benzene rings is 3. The lowest BCUT2D eigenvalue weighted by Crippen LogP contribution is -2.16. The molecule has 0 bridgehead atoms. The Morgan fingerprint density at radius 2 is 1.56 bits per heavy atom. The van der Waals surface area contributed by atoms with Gasteiger partial charge >= 0.3 is 5.97 Å². The van der Waals surface area contributed by atoms with E-state index < -0.39 is 5.97 Å². The van der Waals surface area contributed by atoms with E-state index in [9.17, 15) is 19.5 Å². The van der Waals surface area contributed by atoms with Crippen molar-refractivity contribution in [3.8, 4) is 0 Å². The van der Waals surface area contributed by atoms with E-state index in [-0.39, 0.29) is 29.3 Å². The largest absolute Gasteiger partial charge is 0.478 e. The van der Waals surface area contributed by atoms with Crippen LogP contribution in [-0.2, 0) is 11.4 Å². The highest BCUT2D eigenvalue weighted by molar-refractivity contribution is 7.99. The number of aryl methyl sites for hydroxylation is 1. The van der Waals surface area contributed by atoms with Crippen LogP contribution in [0.5, 0.6) is 0 Å². The van der Waals surface area contributed by atoms with E-state index in [4.69, 9.17) is 4.84 Å². The maximum Gasteiger partial charge on any atom is 0.336 e. The fourth-order valence-electron chi connectivity index (χ4n) is 5.11. The van der Waals surface area contributed by atoms with Gasteiger partial charge in [0, 0.05) is 62.1 Å². The summed E-state index contributed by atoms with van der Waals surface area (Å²) in [6, 6.07) is 18.1. The van der Waals surface area contributed by atoms with Gasteiger partial charge in [0.15, 0.2) is 5.78 Å². The topological polar surface area (TPSA) is 98.0 Å². The molecule has 0 radical (unpaired) electrons. The van der Waals surface area contributed by atoms with Gasteiger partial charge < -0.3 is 14.5 Å². The lowest BCUT2D eigenvalue weighted by Gasteiger charge is -2.09. The van der Waals surface area contributed by atoms with E-state index in [1.54, 1.807) is 37.3 Å². The highest BCUT2D eigenvalue weighted by atomic mass is 32.2. The maximum absolute atomic E-state index is 13.9. The van der Waals surface area contributed by atoms with Crippen molar-refractivity contribution in [3.05, 3.63) is 113 Å². The van der Waals surface area contributed by atoms with Gasteiger partial charge in [-0.3, -0.25) is 9.59 Å². The number of hydrogen-bond acceptors (Lipinski definition) is 6. The van der Waals surface area contributed by atoms with Crippen molar-refractivity contribution in [2.75, 3.05) is 5.75 Å². The zero-order valence-corrected chi connectivity index (χ0v) is 27.2. The molecule has 1 N–H and O–H groups in total. The predicted molar refractivity (Wildman–Crippen MR) is 184 cm³/mol. The average molecular weight is 623 g/mol. The van der Waals surface area contributed by atoms with Gasteiger partial charge in [0.25, 0.3) is 0 Å². The number of hydrogen-bond donors (Lipinski definition) is 1. The summed E-state index contributed by atoms with van der Waals surface area (Å²) in [5.74, 6) is -0.595. The normalized spacial score (nSPS) is 11.7. The Morgan fingerprint density at radius 1 is 0.933 bits per heavy atom. The number of carbonyl (C=O) groups excluding carboxylic acids is 2. The van der Waals surface area contributed by atoms with Crippen molar-refractivity contribution in [2.45, 2.75) is 58.9 Å². The average Bonchev–Trinajstić information content (AvgIpc) is 3.34. The van der Waals surface area contributed by atoms with Crippen LogP contribution in [0.1, 0.15) is 78.5 Å². The summed E-state index contributed by atoms with van der Waals surface area (Å²) in [6.45, 7) is 14.1. The molecule has 4 rings (SSSR count). The van der Waals surface area contributed by atoms with Crippen molar-refractivity contribution in [1.29, 1.82) is 0 Å². The van der Waals surface area contributed by atoms with Gasteiger partial charge in [0.2, 0.25) is 5.78 Å². The first kappa shape index (κ1) is 33.2. The molecule has 0 amide bonds. The van der Waals surface area contributed by atoms with E-state index in [1.807, 2.05) is 63.3 Å². The van der Waals surface area contributed by atoms with E-state index in [0.29, 0.717) is 39.7 Å². The number of oxime groups is 1. The number of carboxylic acid groups (broad SMARTS) is 1. The minimum Gasteiger partial charge on any atom is -0.478 e. The molecule has 1 aromatic heterocycles. The molecule has 45 heavy (non-hydrogen) atoms. The van der Waals surface area contributed by atoms with Gasteiger partial charge in [-0.1, -0.05) is 48.5 Å². The summed E-state index contributed by atoms with van der Waals surface area (Å²) in [7, 11) is 0. The number of allylic oxidation sites excluding steroid dienone is 5. The summed E-state index contributed by atoms with van der Waals surface area (Å²) in [5.41, 5.74) is 4.98. The van der Waals surface area contributed by atoms with E-state index in [1.165, 1.54) is 11.8 Å². The molecule has 4 aromatic rings. The number of ketones is 2. The molecule has 0 saturated carbocycles. The highest BCUT2D eigenvalue weighted by Gasteiger charge is 2.20. The smallest absolute Gasteiger partial charge is 0.336 e. The Morgan fingerprint density at radius 3 is 2.11 bits per heavy atom. The van der Waals surface area contributed by atoms with Crippen molar-refractivity contribution in [1.82, 2.24) is 4.57 Å². The van der Waals surface area contributed by atoms with Crippen LogP contribution in [0.25, 0.3) is 21.8 Å². The SMILES string of the molecule is C=C(C)O/N=C(\CCSc1ccccc1C(=O)O)C(=O)c1ccc2c(c1)c1cc(C(=O)C(/C=C\CC)=C(C)C)ccc1n2CC. The molecule has 3 aromatic carbocycles. The number of carboxylic acids is 1. The van der Waals surface area contributed by atoms with E-state index >= 15 is 0 Å². The van der Waals surface area contributed by atoms with Crippen molar-refractivity contribution in [2.24, 2.45) is 5.16 Å². The second kappa shape index (κ2) is 14.9. The van der Waals surface area contributed by atoms with Crippen LogP contribution >= 0.6 is 11.8 Å². The monoisotopic (exact) mass is 622 g/mol. The lowest BCUT2D eigenvalue weighted by atomic mass is 9.97. The molecule has 1 heterocycles. The van der Waals surface area contributed by atoms with Crippen LogP contribution in [0.15, 0.2) is 106 Å². The second-order valence-electron chi connectivity index (χ2n) is 10.8. The Bertz CT molecular complexity index is 1890. The van der Waals surface area contributed by atoms with E-state index in [0.717, 1.165) is 33.8 Å². The Hall–Kier alpha value is -4.69. The quantitative estimate of drug-likeness (QED) is 0.0286. The number of aromatic nitrogens is 1. The number of rotatable bonds is 14. The molecule has 0 aliphatic rings. The lowest BCUT2D eigenvalue weighted by molar-refractivity contribution is 0.0692. The molecule has 0 fully saturated rings. The molecule has 0 aliphatic carbocycles. The van der Waals surface area contributed by atoms with E-state index in [2.05, 4.69) is 23.2 Å². The summed E-state index contributed by atoms with van der Waals surface area (Å²) in [4.78, 5) is 45.0. The molecule has 0 saturated heterocycles. The minimum atomic E-state index is -1.01.